The van der Waals surface area contributed by atoms with Crippen LogP contribution in [0.3, 0.4) is 0 Å². The summed E-state index contributed by atoms with van der Waals surface area (Å²) in [5.74, 6) is 0.666. The Labute approximate surface area is 152 Å². The van der Waals surface area contributed by atoms with Crippen LogP contribution in [0.5, 0.6) is 0 Å². The predicted octanol–water partition coefficient (Wildman–Crippen LogP) is 4.38. The number of rotatable bonds is 3. The minimum Gasteiger partial charge on any atom is -0.299 e. The molecule has 4 atom stereocenters. The molecule has 3 aliphatic rings. The Morgan fingerprint density at radius 3 is 2.42 bits per heavy atom. The van der Waals surface area contributed by atoms with Gasteiger partial charge in [-0.1, -0.05) is 36.4 Å². The molecule has 0 radical (unpaired) electrons. The number of carbonyl (C=O) groups excluding carboxylic acids is 1. The van der Waals surface area contributed by atoms with Gasteiger partial charge in [0.1, 0.15) is 5.78 Å². The number of hydrogen-bond donors (Lipinski definition) is 0. The first-order valence-electron chi connectivity index (χ1n) is 9.20. The van der Waals surface area contributed by atoms with Crippen molar-refractivity contribution >= 4 is 22.9 Å². The molecule has 2 aromatic rings. The lowest BCUT2D eigenvalue weighted by Gasteiger charge is -2.39. The molecule has 2 aliphatic carbocycles. The van der Waals surface area contributed by atoms with Crippen LogP contribution in [0.25, 0.3) is 0 Å². The summed E-state index contributed by atoms with van der Waals surface area (Å²) in [6.45, 7) is 0. The molecule has 0 spiro atoms. The Hall–Kier alpha value is -2.82. The number of carbonyl (C=O) groups is 1. The summed E-state index contributed by atoms with van der Waals surface area (Å²) in [5.41, 5.74) is 3.07. The molecule has 2 aromatic carbocycles. The van der Waals surface area contributed by atoms with E-state index < -0.39 is 0 Å². The molecule has 0 aromatic heterocycles. The quantitative estimate of drug-likeness (QED) is 0.776. The van der Waals surface area contributed by atoms with Gasteiger partial charge in [-0.3, -0.25) is 9.80 Å². The summed E-state index contributed by atoms with van der Waals surface area (Å²) >= 11 is 0. The zero-order chi connectivity index (χ0) is 17.5. The van der Waals surface area contributed by atoms with Crippen LogP contribution < -0.4 is 5.01 Å². The average Bonchev–Trinajstić information content (AvgIpc) is 3.07. The Kier molecular flexibility index (Phi) is 3.66. The van der Waals surface area contributed by atoms with Crippen molar-refractivity contribution in [2.45, 2.75) is 31.3 Å². The zero-order valence-electron chi connectivity index (χ0n) is 14.4. The lowest BCUT2D eigenvalue weighted by molar-refractivity contribution is -0.126. The summed E-state index contributed by atoms with van der Waals surface area (Å²) in [6.07, 6.45) is 2.13. The third-order valence-electron chi connectivity index (χ3n) is 5.76. The topological polar surface area (TPSA) is 57.4 Å². The number of hydrazone groups is 1. The fourth-order valence-electron chi connectivity index (χ4n) is 4.47. The van der Waals surface area contributed by atoms with Gasteiger partial charge in [0.05, 0.1) is 23.5 Å². The highest BCUT2D eigenvalue weighted by Gasteiger charge is 2.51. The lowest BCUT2D eigenvalue weighted by Crippen LogP contribution is -2.49. The van der Waals surface area contributed by atoms with Crippen LogP contribution in [0.4, 0.5) is 11.4 Å². The van der Waals surface area contributed by atoms with E-state index in [9.17, 15) is 4.79 Å². The summed E-state index contributed by atoms with van der Waals surface area (Å²) in [7, 11) is 0. The summed E-state index contributed by atoms with van der Waals surface area (Å²) in [5, 5.41) is 15.9. The molecule has 130 valence electrons. The van der Waals surface area contributed by atoms with Crippen LogP contribution in [-0.4, -0.2) is 23.6 Å². The van der Waals surface area contributed by atoms with Gasteiger partial charge in [-0.25, -0.2) is 0 Å². The second-order valence-corrected chi connectivity index (χ2v) is 7.28. The SMILES string of the molecule is O=C1C[C@@H]2[C@@H]3C[C@H]1[C@@H](N=Nc1ccccc1)CC3=NN2c1ccccc1. The first-order chi connectivity index (χ1) is 12.8. The molecule has 1 aliphatic heterocycles. The average molecular weight is 344 g/mol. The van der Waals surface area contributed by atoms with Gasteiger partial charge in [0.2, 0.25) is 0 Å². The van der Waals surface area contributed by atoms with Crippen molar-refractivity contribution in [3.8, 4) is 0 Å². The lowest BCUT2D eigenvalue weighted by atomic mass is 9.66. The second kappa shape index (κ2) is 6.16. The fraction of sp³-hybridized carbons (Fsp3) is 0.333. The van der Waals surface area contributed by atoms with Crippen LogP contribution in [0.1, 0.15) is 19.3 Å². The van der Waals surface area contributed by atoms with E-state index >= 15 is 0 Å². The molecule has 2 bridgehead atoms. The molecule has 2 saturated carbocycles. The third kappa shape index (κ3) is 2.55. The maximum atomic E-state index is 12.8. The number of Topliss-reactive ketones (excluding diaryl/α,β-unsaturated/α-hetero) is 1. The summed E-state index contributed by atoms with van der Waals surface area (Å²) in [4.78, 5) is 12.8. The fourth-order valence-corrected chi connectivity index (χ4v) is 4.47. The number of azo groups is 1. The summed E-state index contributed by atoms with van der Waals surface area (Å²) < 4.78 is 0. The number of anilines is 1. The maximum Gasteiger partial charge on any atom is 0.140 e. The normalized spacial score (nSPS) is 29.9. The molecule has 0 saturated heterocycles. The van der Waals surface area contributed by atoms with E-state index in [0.29, 0.717) is 18.1 Å². The van der Waals surface area contributed by atoms with Gasteiger partial charge in [0, 0.05) is 30.4 Å². The smallest absolute Gasteiger partial charge is 0.140 e. The number of fused-ring (bicyclic) bond motifs is 1. The van der Waals surface area contributed by atoms with E-state index in [-0.39, 0.29) is 18.0 Å². The van der Waals surface area contributed by atoms with Crippen LogP contribution in [0, 0.1) is 11.8 Å². The van der Waals surface area contributed by atoms with Gasteiger partial charge in [-0.15, -0.1) is 0 Å². The number of nitrogens with zero attached hydrogens (tertiary/aromatic N) is 4. The van der Waals surface area contributed by atoms with Crippen LogP contribution in [0.2, 0.25) is 0 Å². The molecule has 5 nitrogen and oxygen atoms in total. The Balaban J connectivity index is 1.44. The highest BCUT2D eigenvalue weighted by molar-refractivity contribution is 5.98. The minimum absolute atomic E-state index is 0.0154. The molecule has 0 N–H and O–H groups in total. The molecular formula is C21H20N4O. The standard InChI is InChI=1S/C21H20N4O/c26-21-13-20-16-11-17(21)18(23-22-14-7-3-1-4-8-14)12-19(16)24-25(20)15-9-5-2-6-10-15/h1-10,16-18,20H,11-13H2/t16-,17+,18+,20-/m1/s1. The number of ketones is 1. The molecule has 0 unspecified atom stereocenters. The first-order valence-corrected chi connectivity index (χ1v) is 9.20. The van der Waals surface area contributed by atoms with Crippen LogP contribution in [-0.2, 0) is 4.79 Å². The van der Waals surface area contributed by atoms with Crippen LogP contribution in [0.15, 0.2) is 76.0 Å². The molecule has 26 heavy (non-hydrogen) atoms. The van der Waals surface area contributed by atoms with E-state index in [1.54, 1.807) is 0 Å². The van der Waals surface area contributed by atoms with Gasteiger partial charge in [-0.05, 0) is 30.7 Å². The van der Waals surface area contributed by atoms with Crippen molar-refractivity contribution in [2.24, 2.45) is 27.2 Å². The van der Waals surface area contributed by atoms with E-state index in [4.69, 9.17) is 5.10 Å². The van der Waals surface area contributed by atoms with Crippen molar-refractivity contribution in [1.82, 2.24) is 0 Å². The number of hydrogen-bond acceptors (Lipinski definition) is 5. The molecule has 5 heteroatoms. The van der Waals surface area contributed by atoms with E-state index in [2.05, 4.69) is 27.4 Å². The highest BCUT2D eigenvalue weighted by Crippen LogP contribution is 2.45. The summed E-state index contributed by atoms with van der Waals surface area (Å²) in [6, 6.07) is 19.9. The van der Waals surface area contributed by atoms with Gasteiger partial charge in [0.25, 0.3) is 0 Å². The zero-order valence-corrected chi connectivity index (χ0v) is 14.4. The number of benzene rings is 2. The largest absolute Gasteiger partial charge is 0.299 e. The molecule has 1 heterocycles. The van der Waals surface area contributed by atoms with Gasteiger partial charge in [0.15, 0.2) is 0 Å². The third-order valence-corrected chi connectivity index (χ3v) is 5.76. The van der Waals surface area contributed by atoms with Crippen molar-refractivity contribution < 1.29 is 4.79 Å². The van der Waals surface area contributed by atoms with Gasteiger partial charge in [-0.2, -0.15) is 15.3 Å². The second-order valence-electron chi connectivity index (χ2n) is 7.28. The van der Waals surface area contributed by atoms with Gasteiger partial charge < -0.3 is 0 Å². The molecule has 0 amide bonds. The molecular weight excluding hydrogens is 324 g/mol. The first kappa shape index (κ1) is 15.4. The Bertz CT molecular complexity index is 877. The van der Waals surface area contributed by atoms with Crippen molar-refractivity contribution in [3.05, 3.63) is 60.7 Å². The van der Waals surface area contributed by atoms with E-state index in [1.165, 1.54) is 5.71 Å². The molecule has 5 rings (SSSR count). The van der Waals surface area contributed by atoms with Crippen molar-refractivity contribution in [1.29, 1.82) is 0 Å². The van der Waals surface area contributed by atoms with Crippen LogP contribution >= 0.6 is 0 Å². The minimum atomic E-state index is -0.0885. The van der Waals surface area contributed by atoms with Gasteiger partial charge >= 0.3 is 0 Å². The monoisotopic (exact) mass is 344 g/mol. The molecule has 2 fully saturated rings. The Morgan fingerprint density at radius 1 is 0.923 bits per heavy atom. The van der Waals surface area contributed by atoms with E-state index in [0.717, 1.165) is 24.2 Å². The highest BCUT2D eigenvalue weighted by atomic mass is 16.1. The van der Waals surface area contributed by atoms with E-state index in [1.807, 2.05) is 48.5 Å². The Morgan fingerprint density at radius 2 is 1.65 bits per heavy atom. The maximum absolute atomic E-state index is 12.8. The van der Waals surface area contributed by atoms with Crippen molar-refractivity contribution in [3.63, 3.8) is 0 Å². The predicted molar refractivity (Wildman–Crippen MR) is 101 cm³/mol. The number of para-hydroxylation sites is 1. The van der Waals surface area contributed by atoms with Crippen molar-refractivity contribution in [2.75, 3.05) is 5.01 Å².